The maximum atomic E-state index is 11.4. The van der Waals surface area contributed by atoms with E-state index in [2.05, 4.69) is 20.8 Å². The predicted octanol–water partition coefficient (Wildman–Crippen LogP) is 0.0998. The number of nitriles is 1. The molecule has 8 nitrogen and oxygen atoms in total. The van der Waals surface area contributed by atoms with Crippen LogP contribution in [-0.2, 0) is 4.79 Å². The summed E-state index contributed by atoms with van der Waals surface area (Å²) in [4.78, 5) is 11.4. The van der Waals surface area contributed by atoms with Gasteiger partial charge in [0.1, 0.15) is 12.3 Å². The first kappa shape index (κ1) is 13.8. The number of nitrogens with zero attached hydrogens (tertiary/aromatic N) is 5. The number of carbonyl (C=O) groups excluding carboxylic acids is 1. The summed E-state index contributed by atoms with van der Waals surface area (Å²) >= 11 is 1.15. The topological polar surface area (TPSA) is 117 Å². The van der Waals surface area contributed by atoms with Crippen LogP contribution >= 0.6 is 11.8 Å². The molecule has 102 valence electrons. The summed E-state index contributed by atoms with van der Waals surface area (Å²) in [6.07, 6.45) is 0. The minimum absolute atomic E-state index is 0.0255. The van der Waals surface area contributed by atoms with Crippen LogP contribution in [0.5, 0.6) is 5.75 Å². The van der Waals surface area contributed by atoms with E-state index in [0.29, 0.717) is 10.8 Å². The molecule has 0 fully saturated rings. The van der Waals surface area contributed by atoms with Crippen LogP contribution in [0.1, 0.15) is 0 Å². The molecule has 2 rings (SSSR count). The molecule has 1 heterocycles. The second kappa shape index (κ2) is 6.53. The number of hydrogen-bond donors (Lipinski definition) is 2. The molecule has 0 aliphatic rings. The Morgan fingerprint density at radius 1 is 1.45 bits per heavy atom. The molecule has 0 aliphatic carbocycles. The number of aromatic nitrogens is 4. The van der Waals surface area contributed by atoms with Gasteiger partial charge in [0.15, 0.2) is 0 Å². The van der Waals surface area contributed by atoms with Crippen molar-refractivity contribution in [2.75, 3.05) is 12.3 Å². The van der Waals surface area contributed by atoms with Gasteiger partial charge in [0.2, 0.25) is 11.1 Å². The Morgan fingerprint density at radius 2 is 2.20 bits per heavy atom. The Hall–Kier alpha value is -2.60. The van der Waals surface area contributed by atoms with Gasteiger partial charge in [0, 0.05) is 0 Å². The van der Waals surface area contributed by atoms with Crippen molar-refractivity contribution in [3.05, 3.63) is 24.3 Å². The van der Waals surface area contributed by atoms with Crippen LogP contribution in [0, 0.1) is 11.3 Å². The van der Waals surface area contributed by atoms with E-state index in [9.17, 15) is 9.90 Å². The van der Waals surface area contributed by atoms with E-state index in [-0.39, 0.29) is 24.0 Å². The molecule has 1 aromatic heterocycles. The highest BCUT2D eigenvalue weighted by atomic mass is 32.2. The number of aromatic hydroxyl groups is 1. The number of thioether (sulfide) groups is 1. The molecule has 20 heavy (non-hydrogen) atoms. The van der Waals surface area contributed by atoms with Gasteiger partial charge in [0.25, 0.3) is 0 Å². The predicted molar refractivity (Wildman–Crippen MR) is 70.2 cm³/mol. The van der Waals surface area contributed by atoms with E-state index in [4.69, 9.17) is 5.26 Å². The fourth-order valence-corrected chi connectivity index (χ4v) is 2.06. The third-order valence-electron chi connectivity index (χ3n) is 2.23. The number of carbonyl (C=O) groups is 1. The first-order valence-corrected chi connectivity index (χ1v) is 6.53. The van der Waals surface area contributed by atoms with E-state index >= 15 is 0 Å². The van der Waals surface area contributed by atoms with E-state index in [1.54, 1.807) is 12.1 Å². The van der Waals surface area contributed by atoms with Crippen LogP contribution < -0.4 is 5.32 Å². The summed E-state index contributed by atoms with van der Waals surface area (Å²) in [6, 6.07) is 8.18. The average molecular weight is 290 g/mol. The van der Waals surface area contributed by atoms with Crippen molar-refractivity contribution >= 4 is 17.7 Å². The molecule has 0 saturated carbocycles. The lowest BCUT2D eigenvalue weighted by molar-refractivity contribution is -0.118. The summed E-state index contributed by atoms with van der Waals surface area (Å²) in [6.45, 7) is -0.0255. The van der Waals surface area contributed by atoms with Gasteiger partial charge in [-0.05, 0) is 34.7 Å². The van der Waals surface area contributed by atoms with Gasteiger partial charge in [-0.15, -0.1) is 5.10 Å². The van der Waals surface area contributed by atoms with Crippen LogP contribution in [0.15, 0.2) is 29.4 Å². The first-order valence-electron chi connectivity index (χ1n) is 5.55. The zero-order chi connectivity index (χ0) is 14.4. The van der Waals surface area contributed by atoms with Gasteiger partial charge in [-0.2, -0.15) is 9.94 Å². The van der Waals surface area contributed by atoms with Crippen LogP contribution in [0.3, 0.4) is 0 Å². The fraction of sp³-hybridized carbons (Fsp3) is 0.182. The monoisotopic (exact) mass is 290 g/mol. The number of phenolic OH excluding ortho intramolecular Hbond substituents is 1. The van der Waals surface area contributed by atoms with Crippen LogP contribution in [-0.4, -0.2) is 43.5 Å². The molecule has 9 heteroatoms. The third kappa shape index (κ3) is 3.46. The normalized spacial score (nSPS) is 9.95. The minimum Gasteiger partial charge on any atom is -0.508 e. The van der Waals surface area contributed by atoms with Gasteiger partial charge in [0.05, 0.1) is 17.5 Å². The van der Waals surface area contributed by atoms with E-state index in [1.807, 2.05) is 6.07 Å². The largest absolute Gasteiger partial charge is 0.508 e. The molecule has 0 atom stereocenters. The Kier molecular flexibility index (Phi) is 4.52. The van der Waals surface area contributed by atoms with Crippen LogP contribution in [0.4, 0.5) is 0 Å². The highest BCUT2D eigenvalue weighted by molar-refractivity contribution is 7.99. The molecule has 0 bridgehead atoms. The number of hydrogen-bond acceptors (Lipinski definition) is 7. The lowest BCUT2D eigenvalue weighted by Crippen LogP contribution is -2.25. The van der Waals surface area contributed by atoms with Crippen molar-refractivity contribution in [1.82, 2.24) is 25.5 Å². The van der Waals surface area contributed by atoms with Crippen molar-refractivity contribution in [2.45, 2.75) is 5.16 Å². The van der Waals surface area contributed by atoms with E-state index in [0.717, 1.165) is 11.8 Å². The van der Waals surface area contributed by atoms with Crippen molar-refractivity contribution < 1.29 is 9.90 Å². The quantitative estimate of drug-likeness (QED) is 0.592. The molecule has 0 spiro atoms. The number of rotatable bonds is 5. The molecule has 1 amide bonds. The maximum absolute atomic E-state index is 11.4. The summed E-state index contributed by atoms with van der Waals surface area (Å²) in [5, 5.41) is 31.7. The van der Waals surface area contributed by atoms with Gasteiger partial charge in [-0.1, -0.05) is 11.8 Å². The summed E-state index contributed by atoms with van der Waals surface area (Å²) in [5.74, 6) is -0.0103. The summed E-state index contributed by atoms with van der Waals surface area (Å²) in [7, 11) is 0. The highest BCUT2D eigenvalue weighted by Crippen LogP contribution is 2.19. The van der Waals surface area contributed by atoms with E-state index < -0.39 is 0 Å². The number of nitrogens with one attached hydrogen (secondary N) is 1. The molecule has 0 saturated heterocycles. The standard InChI is InChI=1S/C11H10N6O2S/c12-5-6-13-10(19)7-20-11-14-15-16-17(11)8-1-3-9(18)4-2-8/h1-4,18H,6-7H2,(H,13,19). The molecule has 2 aromatic rings. The lowest BCUT2D eigenvalue weighted by Gasteiger charge is -2.04. The Balaban J connectivity index is 2.04. The van der Waals surface area contributed by atoms with E-state index in [1.165, 1.54) is 16.8 Å². The Labute approximate surface area is 118 Å². The maximum Gasteiger partial charge on any atom is 0.231 e. The van der Waals surface area contributed by atoms with Crippen LogP contribution in [0.2, 0.25) is 0 Å². The average Bonchev–Trinajstić information content (AvgIpc) is 2.92. The number of benzene rings is 1. The fourth-order valence-electron chi connectivity index (χ4n) is 1.34. The van der Waals surface area contributed by atoms with Crippen molar-refractivity contribution in [1.29, 1.82) is 5.26 Å². The van der Waals surface area contributed by atoms with Crippen molar-refractivity contribution in [3.63, 3.8) is 0 Å². The zero-order valence-corrected chi connectivity index (χ0v) is 11.0. The summed E-state index contributed by atoms with van der Waals surface area (Å²) in [5.41, 5.74) is 0.674. The number of phenols is 1. The molecule has 2 N–H and O–H groups in total. The lowest BCUT2D eigenvalue weighted by atomic mass is 10.3. The molecule has 0 radical (unpaired) electrons. The smallest absolute Gasteiger partial charge is 0.231 e. The molecule has 0 aliphatic heterocycles. The Morgan fingerprint density at radius 3 is 2.90 bits per heavy atom. The van der Waals surface area contributed by atoms with Crippen molar-refractivity contribution in [3.8, 4) is 17.5 Å². The van der Waals surface area contributed by atoms with Crippen LogP contribution in [0.25, 0.3) is 5.69 Å². The summed E-state index contributed by atoms with van der Waals surface area (Å²) < 4.78 is 1.46. The van der Waals surface area contributed by atoms with Gasteiger partial charge >= 0.3 is 0 Å². The SMILES string of the molecule is N#CCNC(=O)CSc1nnnn1-c1ccc(O)cc1. The van der Waals surface area contributed by atoms with Gasteiger partial charge in [-0.25, -0.2) is 0 Å². The minimum atomic E-state index is -0.267. The molecule has 0 unspecified atom stereocenters. The third-order valence-corrected chi connectivity index (χ3v) is 3.15. The molecular formula is C11H10N6O2S. The van der Waals surface area contributed by atoms with Gasteiger partial charge in [-0.3, -0.25) is 4.79 Å². The number of tetrazole rings is 1. The second-order valence-electron chi connectivity index (χ2n) is 3.61. The first-order chi connectivity index (χ1) is 9.70. The zero-order valence-electron chi connectivity index (χ0n) is 10.2. The Bertz CT molecular complexity index is 633. The molecule has 1 aromatic carbocycles. The van der Waals surface area contributed by atoms with Crippen molar-refractivity contribution in [2.24, 2.45) is 0 Å². The highest BCUT2D eigenvalue weighted by Gasteiger charge is 2.11. The number of amides is 1. The van der Waals surface area contributed by atoms with Gasteiger partial charge < -0.3 is 10.4 Å². The molecular weight excluding hydrogens is 280 g/mol. The second-order valence-corrected chi connectivity index (χ2v) is 4.56.